The standard InChI is InChI=1S/C26H31N5O2/c1-16(2)31-25-22(14-27-31)21(13-23(28-25)20-12-17(3)33-18(20)4)26(32)30(7)15-19-10-8-9-11-24(19)29(5)6/h8-14,16H,15H2,1-7H3. The molecule has 0 radical (unpaired) electrons. The van der Waals surface area contributed by atoms with E-state index in [2.05, 4.69) is 36.0 Å². The third-order valence-electron chi connectivity index (χ3n) is 5.83. The molecule has 0 atom stereocenters. The summed E-state index contributed by atoms with van der Waals surface area (Å²) in [6.07, 6.45) is 1.74. The van der Waals surface area contributed by atoms with Crippen LogP contribution in [0.15, 0.2) is 47.0 Å². The molecule has 0 spiro atoms. The lowest BCUT2D eigenvalue weighted by Crippen LogP contribution is -2.27. The number of benzene rings is 1. The van der Waals surface area contributed by atoms with Gasteiger partial charge in [0.05, 0.1) is 22.8 Å². The number of furan rings is 1. The van der Waals surface area contributed by atoms with Gasteiger partial charge in [0.2, 0.25) is 0 Å². The molecule has 4 aromatic rings. The summed E-state index contributed by atoms with van der Waals surface area (Å²) in [6, 6.07) is 12.1. The lowest BCUT2D eigenvalue weighted by atomic mass is 10.1. The number of anilines is 1. The normalized spacial score (nSPS) is 11.4. The van der Waals surface area contributed by atoms with E-state index in [0.717, 1.165) is 33.7 Å². The highest BCUT2D eigenvalue weighted by atomic mass is 16.3. The van der Waals surface area contributed by atoms with Crippen molar-refractivity contribution in [3.63, 3.8) is 0 Å². The number of carbonyl (C=O) groups excluding carboxylic acids is 1. The number of para-hydroxylation sites is 1. The van der Waals surface area contributed by atoms with E-state index in [1.54, 1.807) is 11.1 Å². The summed E-state index contributed by atoms with van der Waals surface area (Å²) >= 11 is 0. The van der Waals surface area contributed by atoms with Gasteiger partial charge in [0.1, 0.15) is 11.5 Å². The minimum absolute atomic E-state index is 0.0709. The van der Waals surface area contributed by atoms with Crippen LogP contribution in [0.5, 0.6) is 0 Å². The van der Waals surface area contributed by atoms with Crippen molar-refractivity contribution in [2.75, 3.05) is 26.0 Å². The molecule has 3 heterocycles. The smallest absolute Gasteiger partial charge is 0.254 e. The highest BCUT2D eigenvalue weighted by Crippen LogP contribution is 2.31. The average Bonchev–Trinajstić information content (AvgIpc) is 3.35. The predicted octanol–water partition coefficient (Wildman–Crippen LogP) is 5.23. The summed E-state index contributed by atoms with van der Waals surface area (Å²) in [5, 5.41) is 5.29. The molecule has 7 heteroatoms. The van der Waals surface area contributed by atoms with Gasteiger partial charge in [-0.05, 0) is 51.5 Å². The van der Waals surface area contributed by atoms with Crippen molar-refractivity contribution in [1.82, 2.24) is 19.7 Å². The van der Waals surface area contributed by atoms with Crippen molar-refractivity contribution in [3.05, 3.63) is 65.2 Å². The number of aryl methyl sites for hydroxylation is 2. The van der Waals surface area contributed by atoms with Gasteiger partial charge >= 0.3 is 0 Å². The molecule has 0 aliphatic carbocycles. The number of carbonyl (C=O) groups is 1. The summed E-state index contributed by atoms with van der Waals surface area (Å²) < 4.78 is 7.60. The zero-order valence-electron chi connectivity index (χ0n) is 20.4. The summed E-state index contributed by atoms with van der Waals surface area (Å²) in [6.45, 7) is 8.43. The van der Waals surface area contributed by atoms with Gasteiger partial charge in [-0.25, -0.2) is 9.67 Å². The number of aromatic nitrogens is 3. The van der Waals surface area contributed by atoms with Crippen LogP contribution in [0, 0.1) is 13.8 Å². The third kappa shape index (κ3) is 4.23. The molecule has 1 aromatic carbocycles. The van der Waals surface area contributed by atoms with Gasteiger partial charge < -0.3 is 14.2 Å². The fraction of sp³-hybridized carbons (Fsp3) is 0.346. The number of hydrogen-bond donors (Lipinski definition) is 0. The molecule has 0 unspecified atom stereocenters. The lowest BCUT2D eigenvalue weighted by molar-refractivity contribution is 0.0787. The molecule has 0 saturated carbocycles. The van der Waals surface area contributed by atoms with Crippen molar-refractivity contribution < 1.29 is 9.21 Å². The van der Waals surface area contributed by atoms with Crippen molar-refractivity contribution in [1.29, 1.82) is 0 Å². The largest absolute Gasteiger partial charge is 0.466 e. The molecule has 0 aliphatic heterocycles. The first-order valence-corrected chi connectivity index (χ1v) is 11.1. The molecular formula is C26H31N5O2. The summed E-state index contributed by atoms with van der Waals surface area (Å²) in [5.41, 5.74) is 5.07. The fourth-order valence-corrected chi connectivity index (χ4v) is 4.21. The van der Waals surface area contributed by atoms with Gasteiger partial charge in [0, 0.05) is 45.0 Å². The van der Waals surface area contributed by atoms with Crippen molar-refractivity contribution in [3.8, 4) is 11.3 Å². The minimum Gasteiger partial charge on any atom is -0.466 e. The second kappa shape index (κ2) is 8.73. The van der Waals surface area contributed by atoms with Gasteiger partial charge in [0.15, 0.2) is 5.65 Å². The fourth-order valence-electron chi connectivity index (χ4n) is 4.21. The van der Waals surface area contributed by atoms with Crippen molar-refractivity contribution in [2.24, 2.45) is 0 Å². The number of hydrogen-bond acceptors (Lipinski definition) is 5. The summed E-state index contributed by atoms with van der Waals surface area (Å²) in [5.74, 6) is 1.52. The van der Waals surface area contributed by atoms with Crippen LogP contribution in [-0.2, 0) is 6.54 Å². The summed E-state index contributed by atoms with van der Waals surface area (Å²) in [4.78, 5) is 22.4. The quantitative estimate of drug-likeness (QED) is 0.407. The van der Waals surface area contributed by atoms with Crippen LogP contribution in [0.4, 0.5) is 5.69 Å². The Bertz CT molecular complexity index is 1320. The van der Waals surface area contributed by atoms with Gasteiger partial charge in [-0.2, -0.15) is 5.10 Å². The van der Waals surface area contributed by atoms with Gasteiger partial charge in [-0.3, -0.25) is 4.79 Å². The molecule has 0 fully saturated rings. The number of amides is 1. The highest BCUT2D eigenvalue weighted by molar-refractivity contribution is 6.06. The molecule has 3 aromatic heterocycles. The maximum atomic E-state index is 13.7. The second-order valence-corrected chi connectivity index (χ2v) is 8.99. The van der Waals surface area contributed by atoms with Gasteiger partial charge in [-0.15, -0.1) is 0 Å². The monoisotopic (exact) mass is 445 g/mol. The van der Waals surface area contributed by atoms with Crippen LogP contribution in [0.3, 0.4) is 0 Å². The topological polar surface area (TPSA) is 67.4 Å². The van der Waals surface area contributed by atoms with Crippen LogP contribution < -0.4 is 4.90 Å². The van der Waals surface area contributed by atoms with E-state index in [1.165, 1.54) is 0 Å². The average molecular weight is 446 g/mol. The van der Waals surface area contributed by atoms with Gasteiger partial charge in [0.25, 0.3) is 5.91 Å². The zero-order valence-corrected chi connectivity index (χ0v) is 20.4. The van der Waals surface area contributed by atoms with Crippen LogP contribution in [0.25, 0.3) is 22.3 Å². The lowest BCUT2D eigenvalue weighted by Gasteiger charge is -2.23. The predicted molar refractivity (Wildman–Crippen MR) is 132 cm³/mol. The van der Waals surface area contributed by atoms with Crippen molar-refractivity contribution >= 4 is 22.6 Å². The highest BCUT2D eigenvalue weighted by Gasteiger charge is 2.23. The Kier molecular flexibility index (Phi) is 5.97. The Labute approximate surface area is 194 Å². The Balaban J connectivity index is 1.81. The Hall–Kier alpha value is -3.61. The first kappa shape index (κ1) is 22.6. The molecule has 4 rings (SSSR count). The van der Waals surface area contributed by atoms with E-state index < -0.39 is 0 Å². The number of fused-ring (bicyclic) bond motifs is 1. The van der Waals surface area contributed by atoms with Crippen LogP contribution in [0.2, 0.25) is 0 Å². The number of rotatable bonds is 6. The Morgan fingerprint density at radius 2 is 1.85 bits per heavy atom. The van der Waals surface area contributed by atoms with E-state index in [4.69, 9.17) is 9.40 Å². The van der Waals surface area contributed by atoms with E-state index in [1.807, 2.05) is 63.9 Å². The molecule has 0 N–H and O–H groups in total. The molecule has 1 amide bonds. The molecule has 0 bridgehead atoms. The van der Waals surface area contributed by atoms with Gasteiger partial charge in [-0.1, -0.05) is 18.2 Å². The maximum Gasteiger partial charge on any atom is 0.254 e. The molecule has 172 valence electrons. The van der Waals surface area contributed by atoms with Crippen LogP contribution in [0.1, 0.15) is 47.3 Å². The summed E-state index contributed by atoms with van der Waals surface area (Å²) in [7, 11) is 5.85. The first-order valence-electron chi connectivity index (χ1n) is 11.1. The van der Waals surface area contributed by atoms with E-state index >= 15 is 0 Å². The molecule has 7 nitrogen and oxygen atoms in total. The van der Waals surface area contributed by atoms with E-state index in [-0.39, 0.29) is 11.9 Å². The number of pyridine rings is 1. The van der Waals surface area contributed by atoms with E-state index in [0.29, 0.717) is 23.4 Å². The third-order valence-corrected chi connectivity index (χ3v) is 5.83. The van der Waals surface area contributed by atoms with Crippen LogP contribution in [-0.4, -0.2) is 46.7 Å². The Morgan fingerprint density at radius 3 is 2.48 bits per heavy atom. The Morgan fingerprint density at radius 1 is 1.12 bits per heavy atom. The molecular weight excluding hydrogens is 414 g/mol. The molecule has 0 saturated heterocycles. The second-order valence-electron chi connectivity index (χ2n) is 8.99. The van der Waals surface area contributed by atoms with E-state index in [9.17, 15) is 4.79 Å². The molecule has 33 heavy (non-hydrogen) atoms. The molecule has 0 aliphatic rings. The first-order chi connectivity index (χ1) is 15.7. The van der Waals surface area contributed by atoms with Crippen LogP contribution >= 0.6 is 0 Å². The maximum absolute atomic E-state index is 13.7. The minimum atomic E-state index is -0.0709. The SMILES string of the molecule is Cc1cc(-c2cc(C(=O)N(C)Cc3ccccc3N(C)C)c3cnn(C(C)C)c3n2)c(C)o1. The van der Waals surface area contributed by atoms with Crippen molar-refractivity contribution in [2.45, 2.75) is 40.3 Å². The zero-order chi connectivity index (χ0) is 23.9. The number of nitrogens with zero attached hydrogens (tertiary/aromatic N) is 5.